The van der Waals surface area contributed by atoms with E-state index in [0.29, 0.717) is 0 Å². The van der Waals surface area contributed by atoms with Crippen molar-refractivity contribution in [3.05, 3.63) is 170 Å². The van der Waals surface area contributed by atoms with E-state index in [-0.39, 0.29) is 0 Å². The topological polar surface area (TPSA) is 26.3 Å². The van der Waals surface area contributed by atoms with E-state index in [1.54, 1.807) is 0 Å². The van der Waals surface area contributed by atoms with Gasteiger partial charge in [-0.3, -0.25) is 0 Å². The van der Waals surface area contributed by atoms with Crippen molar-refractivity contribution in [3.8, 4) is 33.4 Å². The number of hydrogen-bond donors (Lipinski definition) is 0. The molecule has 2 heterocycles. The number of rotatable bonds is 3. The minimum Gasteiger partial charge on any atom is -0.456 e. The van der Waals surface area contributed by atoms with E-state index in [1.165, 1.54) is 54.6 Å². The molecule has 0 aliphatic heterocycles. The fourth-order valence-electron chi connectivity index (χ4n) is 8.24. The van der Waals surface area contributed by atoms with Gasteiger partial charge in [0, 0.05) is 16.2 Å². The van der Waals surface area contributed by atoms with Crippen LogP contribution in [0.4, 0.5) is 0 Å². The molecule has 11 rings (SSSR count). The van der Waals surface area contributed by atoms with E-state index in [2.05, 4.69) is 158 Å². The molecule has 0 atom stereocenters. The fourth-order valence-corrected chi connectivity index (χ4v) is 8.24. The van der Waals surface area contributed by atoms with Crippen LogP contribution < -0.4 is 0 Å². The zero-order valence-electron chi connectivity index (χ0n) is 27.0. The van der Waals surface area contributed by atoms with Gasteiger partial charge in [-0.25, -0.2) is 0 Å². The Labute approximate surface area is 287 Å². The predicted octanol–water partition coefficient (Wildman–Crippen LogP) is 13.9. The number of fused-ring (bicyclic) bond motifs is 10. The Kier molecular flexibility index (Phi) is 5.70. The summed E-state index contributed by atoms with van der Waals surface area (Å²) in [5.41, 5.74) is 10.7. The minimum absolute atomic E-state index is 0.833. The largest absolute Gasteiger partial charge is 0.456 e. The van der Waals surface area contributed by atoms with Crippen LogP contribution in [0.5, 0.6) is 0 Å². The Morgan fingerprint density at radius 2 is 0.920 bits per heavy atom. The van der Waals surface area contributed by atoms with Gasteiger partial charge in [0.15, 0.2) is 0 Å². The van der Waals surface area contributed by atoms with Gasteiger partial charge >= 0.3 is 0 Å². The zero-order chi connectivity index (χ0) is 32.8. The van der Waals surface area contributed by atoms with Gasteiger partial charge in [-0.05, 0) is 108 Å². The third-order valence-corrected chi connectivity index (χ3v) is 10.4. The maximum Gasteiger partial charge on any atom is 0.147 e. The van der Waals surface area contributed by atoms with Crippen LogP contribution in [0, 0.1) is 0 Å². The highest BCUT2D eigenvalue weighted by Crippen LogP contribution is 2.47. The predicted molar refractivity (Wildman–Crippen MR) is 210 cm³/mol. The van der Waals surface area contributed by atoms with Crippen molar-refractivity contribution in [2.45, 2.75) is 0 Å². The molecule has 0 saturated heterocycles. The smallest absolute Gasteiger partial charge is 0.147 e. The summed E-state index contributed by atoms with van der Waals surface area (Å²) in [6.07, 6.45) is 0. The second kappa shape index (κ2) is 10.4. The molecule has 0 bridgehead atoms. The van der Waals surface area contributed by atoms with Gasteiger partial charge < -0.3 is 8.83 Å². The Morgan fingerprint density at radius 1 is 0.300 bits per heavy atom. The van der Waals surface area contributed by atoms with Crippen molar-refractivity contribution in [2.75, 3.05) is 0 Å². The molecule has 0 N–H and O–H groups in total. The number of furan rings is 2. The fraction of sp³-hybridized carbons (Fsp3) is 0. The number of benzene rings is 9. The molecule has 0 fully saturated rings. The average molecular weight is 637 g/mol. The quantitative estimate of drug-likeness (QED) is 0.180. The van der Waals surface area contributed by atoms with E-state index in [0.717, 1.165) is 55.0 Å². The molecule has 2 aromatic heterocycles. The Balaban J connectivity index is 1.18. The molecule has 0 radical (unpaired) electrons. The number of para-hydroxylation sites is 1. The first-order chi connectivity index (χ1) is 24.8. The van der Waals surface area contributed by atoms with Gasteiger partial charge in [-0.1, -0.05) is 127 Å². The van der Waals surface area contributed by atoms with Crippen LogP contribution >= 0.6 is 0 Å². The van der Waals surface area contributed by atoms with E-state index >= 15 is 0 Å². The number of hydrogen-bond acceptors (Lipinski definition) is 2. The molecular weight excluding hydrogens is 609 g/mol. The maximum absolute atomic E-state index is 6.53. The molecular formula is C48H28O2. The lowest BCUT2D eigenvalue weighted by Gasteiger charge is -2.19. The van der Waals surface area contributed by atoms with Crippen molar-refractivity contribution < 1.29 is 8.83 Å². The lowest BCUT2D eigenvalue weighted by Crippen LogP contribution is -1.92. The van der Waals surface area contributed by atoms with Crippen molar-refractivity contribution in [2.24, 2.45) is 0 Å². The maximum atomic E-state index is 6.53. The van der Waals surface area contributed by atoms with Gasteiger partial charge in [0.1, 0.15) is 22.3 Å². The van der Waals surface area contributed by atoms with Crippen molar-refractivity contribution in [3.63, 3.8) is 0 Å². The van der Waals surface area contributed by atoms with E-state index in [9.17, 15) is 0 Å². The standard InChI is InChI=1S/C48H28O2/c1-2-12-29(13-3-1)45-35-17-6-8-19-37(35)46(38-20-9-7-18-36(38)45)41-27-32(26-31-14-4-5-15-33(31)41)30-22-23-40-44(28-30)49-43-25-24-39-34-16-10-11-21-42(34)50-48(39)47(40)43/h1-28H. The molecule has 0 spiro atoms. The van der Waals surface area contributed by atoms with Gasteiger partial charge in [0.2, 0.25) is 0 Å². The van der Waals surface area contributed by atoms with Crippen molar-refractivity contribution in [1.29, 1.82) is 0 Å². The molecule has 0 unspecified atom stereocenters. The van der Waals surface area contributed by atoms with Crippen LogP contribution in [0.25, 0.3) is 110 Å². The van der Waals surface area contributed by atoms with Crippen LogP contribution in [0.2, 0.25) is 0 Å². The third kappa shape index (κ3) is 3.90. The molecule has 2 nitrogen and oxygen atoms in total. The molecule has 50 heavy (non-hydrogen) atoms. The molecule has 0 aliphatic rings. The van der Waals surface area contributed by atoms with Crippen LogP contribution in [-0.4, -0.2) is 0 Å². The lowest BCUT2D eigenvalue weighted by atomic mass is 9.84. The zero-order valence-corrected chi connectivity index (χ0v) is 27.0. The highest BCUT2D eigenvalue weighted by molar-refractivity contribution is 6.25. The van der Waals surface area contributed by atoms with E-state index < -0.39 is 0 Å². The summed E-state index contributed by atoms with van der Waals surface area (Å²) in [5, 5.41) is 11.7. The Hall–Kier alpha value is -6.64. The highest BCUT2D eigenvalue weighted by atomic mass is 16.3. The Morgan fingerprint density at radius 3 is 1.68 bits per heavy atom. The first-order valence-corrected chi connectivity index (χ1v) is 17.1. The molecule has 0 saturated carbocycles. The summed E-state index contributed by atoms with van der Waals surface area (Å²) in [5.74, 6) is 0. The second-order valence-corrected chi connectivity index (χ2v) is 13.2. The van der Waals surface area contributed by atoms with Gasteiger partial charge in [0.05, 0.1) is 5.39 Å². The Bertz CT molecular complexity index is 3080. The molecule has 11 aromatic rings. The molecule has 2 heteroatoms. The summed E-state index contributed by atoms with van der Waals surface area (Å²) < 4.78 is 12.9. The van der Waals surface area contributed by atoms with Gasteiger partial charge in [-0.2, -0.15) is 0 Å². The van der Waals surface area contributed by atoms with Crippen LogP contribution in [0.3, 0.4) is 0 Å². The molecule has 0 aliphatic carbocycles. The second-order valence-electron chi connectivity index (χ2n) is 13.2. The molecule has 0 amide bonds. The first kappa shape index (κ1) is 27.3. The minimum atomic E-state index is 0.833. The molecule has 9 aromatic carbocycles. The van der Waals surface area contributed by atoms with E-state index in [1.807, 2.05) is 12.1 Å². The summed E-state index contributed by atoms with van der Waals surface area (Å²) in [6.45, 7) is 0. The van der Waals surface area contributed by atoms with Crippen molar-refractivity contribution in [1.82, 2.24) is 0 Å². The lowest BCUT2D eigenvalue weighted by molar-refractivity contribution is 0.663. The first-order valence-electron chi connectivity index (χ1n) is 17.1. The summed E-state index contributed by atoms with van der Waals surface area (Å²) in [7, 11) is 0. The van der Waals surface area contributed by atoms with Crippen LogP contribution in [0.15, 0.2) is 179 Å². The summed E-state index contributed by atoms with van der Waals surface area (Å²) in [4.78, 5) is 0. The van der Waals surface area contributed by atoms with Crippen molar-refractivity contribution >= 4 is 76.2 Å². The van der Waals surface area contributed by atoms with Gasteiger partial charge in [-0.15, -0.1) is 0 Å². The normalized spacial score (nSPS) is 12.0. The highest BCUT2D eigenvalue weighted by Gasteiger charge is 2.20. The SMILES string of the molecule is c1ccc(-c2c3ccccc3c(-c3cc(-c4ccc5c(c4)oc4ccc6c7ccccc7oc6c45)cc4ccccc34)c3ccccc23)cc1. The average Bonchev–Trinajstić information content (AvgIpc) is 3.75. The summed E-state index contributed by atoms with van der Waals surface area (Å²) in [6, 6.07) is 61.0. The molecule has 232 valence electrons. The van der Waals surface area contributed by atoms with Gasteiger partial charge in [0.25, 0.3) is 0 Å². The van der Waals surface area contributed by atoms with E-state index in [4.69, 9.17) is 8.83 Å². The monoisotopic (exact) mass is 636 g/mol. The van der Waals surface area contributed by atoms with Crippen LogP contribution in [0.1, 0.15) is 0 Å². The summed E-state index contributed by atoms with van der Waals surface area (Å²) >= 11 is 0. The third-order valence-electron chi connectivity index (χ3n) is 10.4. The van der Waals surface area contributed by atoms with Crippen LogP contribution in [-0.2, 0) is 0 Å².